The Balaban J connectivity index is 3.15. The molecule has 0 aromatic heterocycles. The maximum Gasteiger partial charge on any atom is 0.101 e. The van der Waals surface area contributed by atoms with E-state index in [-0.39, 0.29) is 0 Å². The predicted molar refractivity (Wildman–Crippen MR) is 45.0 cm³/mol. The molecule has 2 nitrogen and oxygen atoms in total. The third-order valence-corrected chi connectivity index (χ3v) is 1.29. The highest BCUT2D eigenvalue weighted by Gasteiger charge is 1.94. The van der Waals surface area contributed by atoms with Crippen molar-refractivity contribution in [1.82, 2.24) is 0 Å². The standard InChI is InChI=1S/C9H8N2/c1-2-11-9-6-4-3-5-8(9)7-10/h2-6H,1H3. The maximum absolute atomic E-state index is 8.62. The SMILES string of the molecule is CC=Nc1ccccc1C#N. The van der Waals surface area contributed by atoms with Crippen molar-refractivity contribution in [1.29, 1.82) is 5.26 Å². The second-order valence-corrected chi connectivity index (χ2v) is 2.02. The molecule has 0 aliphatic carbocycles. The fraction of sp³-hybridized carbons (Fsp3) is 0.111. The molecule has 0 bridgehead atoms. The van der Waals surface area contributed by atoms with E-state index >= 15 is 0 Å². The molecule has 0 N–H and O–H groups in total. The molecule has 0 spiro atoms. The molecular formula is C9H8N2. The van der Waals surface area contributed by atoms with Gasteiger partial charge < -0.3 is 0 Å². The molecule has 0 saturated heterocycles. The van der Waals surface area contributed by atoms with Gasteiger partial charge >= 0.3 is 0 Å². The first-order valence-electron chi connectivity index (χ1n) is 3.36. The Morgan fingerprint density at radius 2 is 2.18 bits per heavy atom. The number of aliphatic imine (C=N–C) groups is 1. The Morgan fingerprint density at radius 3 is 2.82 bits per heavy atom. The molecule has 0 atom stereocenters. The number of para-hydroxylation sites is 1. The number of benzene rings is 1. The number of nitrogens with zero attached hydrogens (tertiary/aromatic N) is 2. The van der Waals surface area contributed by atoms with E-state index in [0.717, 1.165) is 5.69 Å². The topological polar surface area (TPSA) is 36.1 Å². The lowest BCUT2D eigenvalue weighted by atomic mass is 10.2. The minimum Gasteiger partial charge on any atom is -0.260 e. The summed E-state index contributed by atoms with van der Waals surface area (Å²) in [5.41, 5.74) is 1.35. The van der Waals surface area contributed by atoms with Gasteiger partial charge in [-0.2, -0.15) is 5.26 Å². The van der Waals surface area contributed by atoms with Gasteiger partial charge in [0.25, 0.3) is 0 Å². The molecule has 1 aromatic rings. The normalized spacial score (nSPS) is 9.82. The molecule has 1 rings (SSSR count). The molecule has 54 valence electrons. The van der Waals surface area contributed by atoms with Gasteiger partial charge in [-0.15, -0.1) is 0 Å². The van der Waals surface area contributed by atoms with Crippen LogP contribution in [0.3, 0.4) is 0 Å². The zero-order chi connectivity index (χ0) is 8.10. The van der Waals surface area contributed by atoms with Gasteiger partial charge in [-0.1, -0.05) is 12.1 Å². The number of rotatable bonds is 1. The zero-order valence-corrected chi connectivity index (χ0v) is 6.28. The third-order valence-electron chi connectivity index (χ3n) is 1.29. The summed E-state index contributed by atoms with van der Waals surface area (Å²) in [6, 6.07) is 9.33. The van der Waals surface area contributed by atoms with Crippen LogP contribution in [0.4, 0.5) is 5.69 Å². The minimum atomic E-state index is 0.616. The molecule has 0 fully saturated rings. The summed E-state index contributed by atoms with van der Waals surface area (Å²) in [5.74, 6) is 0. The lowest BCUT2D eigenvalue weighted by molar-refractivity contribution is 1.44. The van der Waals surface area contributed by atoms with Crippen molar-refractivity contribution < 1.29 is 0 Å². The van der Waals surface area contributed by atoms with Gasteiger partial charge in [-0.3, -0.25) is 4.99 Å². The number of hydrogen-bond acceptors (Lipinski definition) is 2. The van der Waals surface area contributed by atoms with E-state index in [1.807, 2.05) is 25.1 Å². The van der Waals surface area contributed by atoms with Crippen LogP contribution in [0.15, 0.2) is 29.3 Å². The van der Waals surface area contributed by atoms with Gasteiger partial charge in [-0.05, 0) is 19.1 Å². The summed E-state index contributed by atoms with van der Waals surface area (Å²) in [7, 11) is 0. The van der Waals surface area contributed by atoms with Crippen LogP contribution in [0, 0.1) is 11.3 Å². The van der Waals surface area contributed by atoms with Crippen molar-refractivity contribution in [2.24, 2.45) is 4.99 Å². The molecular weight excluding hydrogens is 136 g/mol. The molecule has 0 unspecified atom stereocenters. The van der Waals surface area contributed by atoms with Crippen LogP contribution in [0.25, 0.3) is 0 Å². The van der Waals surface area contributed by atoms with E-state index in [2.05, 4.69) is 11.1 Å². The molecule has 0 radical (unpaired) electrons. The largest absolute Gasteiger partial charge is 0.260 e. The summed E-state index contributed by atoms with van der Waals surface area (Å²) in [6.45, 7) is 1.83. The fourth-order valence-electron chi connectivity index (χ4n) is 0.820. The highest BCUT2D eigenvalue weighted by atomic mass is 14.7. The lowest BCUT2D eigenvalue weighted by Gasteiger charge is -1.93. The Kier molecular flexibility index (Phi) is 2.40. The number of hydrogen-bond donors (Lipinski definition) is 0. The smallest absolute Gasteiger partial charge is 0.101 e. The summed E-state index contributed by atoms with van der Waals surface area (Å²) < 4.78 is 0. The summed E-state index contributed by atoms with van der Waals surface area (Å²) in [4.78, 5) is 4.03. The molecule has 2 heteroatoms. The molecule has 1 aromatic carbocycles. The predicted octanol–water partition coefficient (Wildman–Crippen LogP) is 2.28. The Hall–Kier alpha value is -1.62. The first-order valence-corrected chi connectivity index (χ1v) is 3.36. The summed E-state index contributed by atoms with van der Waals surface area (Å²) >= 11 is 0. The molecule has 0 amide bonds. The van der Waals surface area contributed by atoms with Gasteiger partial charge in [0, 0.05) is 6.21 Å². The Labute approximate surface area is 65.8 Å². The third kappa shape index (κ3) is 1.65. The fourth-order valence-corrected chi connectivity index (χ4v) is 0.820. The van der Waals surface area contributed by atoms with Gasteiger partial charge in [0.05, 0.1) is 11.3 Å². The van der Waals surface area contributed by atoms with Crippen LogP contribution in [-0.4, -0.2) is 6.21 Å². The highest BCUT2D eigenvalue weighted by Crippen LogP contribution is 2.16. The van der Waals surface area contributed by atoms with Crippen LogP contribution >= 0.6 is 0 Å². The van der Waals surface area contributed by atoms with Crippen LogP contribution < -0.4 is 0 Å². The average Bonchev–Trinajstić information content (AvgIpc) is 2.06. The molecule has 0 aliphatic heterocycles. The van der Waals surface area contributed by atoms with Crippen molar-refractivity contribution in [3.63, 3.8) is 0 Å². The van der Waals surface area contributed by atoms with Crippen molar-refractivity contribution in [2.75, 3.05) is 0 Å². The van der Waals surface area contributed by atoms with Gasteiger partial charge in [0.2, 0.25) is 0 Å². The summed E-state index contributed by atoms with van der Waals surface area (Å²) in [5, 5.41) is 8.62. The molecule has 0 aliphatic rings. The van der Waals surface area contributed by atoms with Crippen LogP contribution in [-0.2, 0) is 0 Å². The monoisotopic (exact) mass is 144 g/mol. The van der Waals surface area contributed by atoms with Crippen LogP contribution in [0.1, 0.15) is 12.5 Å². The maximum atomic E-state index is 8.62. The van der Waals surface area contributed by atoms with Crippen molar-refractivity contribution in [2.45, 2.75) is 6.92 Å². The van der Waals surface area contributed by atoms with Crippen LogP contribution in [0.2, 0.25) is 0 Å². The van der Waals surface area contributed by atoms with Gasteiger partial charge in [0.1, 0.15) is 6.07 Å². The first-order chi connectivity index (χ1) is 5.38. The van der Waals surface area contributed by atoms with E-state index in [4.69, 9.17) is 5.26 Å². The van der Waals surface area contributed by atoms with Crippen molar-refractivity contribution in [3.8, 4) is 6.07 Å². The highest BCUT2D eigenvalue weighted by molar-refractivity contribution is 5.64. The number of nitriles is 1. The molecule has 11 heavy (non-hydrogen) atoms. The van der Waals surface area contributed by atoms with E-state index in [0.29, 0.717) is 5.56 Å². The van der Waals surface area contributed by atoms with E-state index in [9.17, 15) is 0 Å². The van der Waals surface area contributed by atoms with E-state index in [1.165, 1.54) is 0 Å². The lowest BCUT2D eigenvalue weighted by Crippen LogP contribution is -1.73. The Morgan fingerprint density at radius 1 is 1.45 bits per heavy atom. The van der Waals surface area contributed by atoms with Gasteiger partial charge in [0.15, 0.2) is 0 Å². The van der Waals surface area contributed by atoms with Gasteiger partial charge in [-0.25, -0.2) is 0 Å². The quantitative estimate of drug-likeness (QED) is 0.557. The van der Waals surface area contributed by atoms with Crippen molar-refractivity contribution in [3.05, 3.63) is 29.8 Å². The second kappa shape index (κ2) is 3.52. The molecule has 0 saturated carbocycles. The summed E-state index contributed by atoms with van der Waals surface area (Å²) in [6.07, 6.45) is 1.68. The van der Waals surface area contributed by atoms with Crippen LogP contribution in [0.5, 0.6) is 0 Å². The Bertz CT molecular complexity index is 308. The second-order valence-electron chi connectivity index (χ2n) is 2.02. The van der Waals surface area contributed by atoms with E-state index < -0.39 is 0 Å². The minimum absolute atomic E-state index is 0.616. The molecule has 0 heterocycles. The first kappa shape index (κ1) is 7.49. The van der Waals surface area contributed by atoms with Crippen molar-refractivity contribution >= 4 is 11.9 Å². The van der Waals surface area contributed by atoms with E-state index in [1.54, 1.807) is 12.3 Å². The average molecular weight is 144 g/mol. The zero-order valence-electron chi connectivity index (χ0n) is 6.28.